The molecule has 2 heterocycles. The zero-order chi connectivity index (χ0) is 24.1. The highest BCUT2D eigenvalue weighted by atomic mass is 32.2. The third kappa shape index (κ3) is 5.73. The van der Waals surface area contributed by atoms with E-state index >= 15 is 0 Å². The molecule has 0 unspecified atom stereocenters. The Bertz CT molecular complexity index is 934. The van der Waals surface area contributed by atoms with E-state index in [4.69, 9.17) is 4.74 Å². The molecule has 3 atom stereocenters. The number of hydrogen-bond acceptors (Lipinski definition) is 6. The summed E-state index contributed by atoms with van der Waals surface area (Å²) < 4.78 is 31.7. The average Bonchev–Trinajstić information content (AvgIpc) is 3.42. The number of carbonyl (C=O) groups excluding carboxylic acids is 4. The van der Waals surface area contributed by atoms with Crippen molar-refractivity contribution < 1.29 is 32.7 Å². The van der Waals surface area contributed by atoms with Crippen molar-refractivity contribution in [1.29, 1.82) is 0 Å². The van der Waals surface area contributed by atoms with Crippen LogP contribution in [0.3, 0.4) is 0 Å². The minimum Gasteiger partial charge on any atom is -0.467 e. The van der Waals surface area contributed by atoms with Gasteiger partial charge in [0.1, 0.15) is 23.7 Å². The van der Waals surface area contributed by atoms with E-state index in [0.29, 0.717) is 25.5 Å². The number of rotatable bonds is 6. The van der Waals surface area contributed by atoms with Crippen LogP contribution in [-0.4, -0.2) is 83.9 Å². The lowest BCUT2D eigenvalue weighted by atomic mass is 10.1. The molecule has 12 heteroatoms. The number of nitrogens with zero attached hydrogens (tertiary/aromatic N) is 2. The number of carbonyl (C=O) groups is 4. The lowest BCUT2D eigenvalue weighted by molar-refractivity contribution is -0.153. The summed E-state index contributed by atoms with van der Waals surface area (Å²) in [5, 5.41) is 4.95. The number of halogens is 2. The van der Waals surface area contributed by atoms with E-state index in [0.717, 1.165) is 12.1 Å². The topological polar surface area (TPSA) is 108 Å². The van der Waals surface area contributed by atoms with Gasteiger partial charge in [0.2, 0.25) is 11.8 Å². The quantitative estimate of drug-likeness (QED) is 0.594. The van der Waals surface area contributed by atoms with Gasteiger partial charge >= 0.3 is 12.0 Å². The van der Waals surface area contributed by atoms with E-state index in [2.05, 4.69) is 10.6 Å². The number of hydrogen-bond donors (Lipinski definition) is 2. The molecule has 0 saturated carbocycles. The molecule has 2 saturated heterocycles. The molecule has 2 fully saturated rings. The van der Waals surface area contributed by atoms with Crippen molar-refractivity contribution in [3.63, 3.8) is 0 Å². The second kappa shape index (κ2) is 10.8. The Balaban J connectivity index is 1.71. The van der Waals surface area contributed by atoms with Gasteiger partial charge < -0.3 is 25.2 Å². The van der Waals surface area contributed by atoms with Crippen molar-refractivity contribution in [2.75, 3.05) is 37.5 Å². The van der Waals surface area contributed by atoms with Gasteiger partial charge in [-0.2, -0.15) is 11.8 Å². The molecule has 0 radical (unpaired) electrons. The van der Waals surface area contributed by atoms with Crippen molar-refractivity contribution in [2.45, 2.75) is 37.4 Å². The molecule has 180 valence electrons. The third-order valence-corrected chi connectivity index (χ3v) is 6.23. The lowest BCUT2D eigenvalue weighted by Crippen LogP contribution is -2.51. The molecule has 33 heavy (non-hydrogen) atoms. The van der Waals surface area contributed by atoms with Gasteiger partial charge in [0.25, 0.3) is 0 Å². The minimum absolute atomic E-state index is 0.0891. The summed E-state index contributed by atoms with van der Waals surface area (Å²) in [5.74, 6) is -2.67. The first kappa shape index (κ1) is 24.7. The fraction of sp³-hybridized carbons (Fsp3) is 0.524. The first-order valence-electron chi connectivity index (χ1n) is 10.4. The summed E-state index contributed by atoms with van der Waals surface area (Å²) in [5.41, 5.74) is -0.201. The number of urea groups is 1. The van der Waals surface area contributed by atoms with Crippen LogP contribution in [0.1, 0.15) is 19.3 Å². The molecule has 0 aromatic heterocycles. The number of esters is 1. The zero-order valence-electron chi connectivity index (χ0n) is 18.3. The van der Waals surface area contributed by atoms with Crippen LogP contribution in [-0.2, 0) is 19.1 Å². The number of amides is 4. The summed E-state index contributed by atoms with van der Waals surface area (Å²) in [6.45, 7) is 0.466. The van der Waals surface area contributed by atoms with E-state index in [1.807, 2.05) is 0 Å². The number of anilines is 1. The Morgan fingerprint density at radius 3 is 2.61 bits per heavy atom. The molecule has 2 N–H and O–H groups in total. The summed E-state index contributed by atoms with van der Waals surface area (Å²) in [7, 11) is 1.26. The van der Waals surface area contributed by atoms with E-state index in [-0.39, 0.29) is 36.2 Å². The third-order valence-electron chi connectivity index (χ3n) is 5.70. The second-order valence-corrected chi connectivity index (χ2v) is 8.73. The molecule has 4 amide bonds. The van der Waals surface area contributed by atoms with Gasteiger partial charge in [0.15, 0.2) is 0 Å². The predicted molar refractivity (Wildman–Crippen MR) is 118 cm³/mol. The van der Waals surface area contributed by atoms with Crippen LogP contribution >= 0.6 is 11.8 Å². The minimum atomic E-state index is -0.927. The monoisotopic (exact) mass is 484 g/mol. The molecular weight excluding hydrogens is 458 g/mol. The molecule has 1 aromatic carbocycles. The molecule has 1 aromatic rings. The standard InChI is InChI=1S/C21H26F2N4O5S/c1-32-20(30)16-4-3-7-26(16)19(29)17-9-13(10-27(17)18(28)11-33-2)24-21(31)25-15-6-5-12(22)8-14(15)23/h5-6,8,13,16-17H,3-4,7,9-11H2,1-2H3,(H2,24,25,31)/t13-,16+,17-/m0/s1. The summed E-state index contributed by atoms with van der Waals surface area (Å²) in [6, 6.07) is -0.105. The molecule has 2 aliphatic heterocycles. The van der Waals surface area contributed by atoms with E-state index < -0.39 is 41.8 Å². The zero-order valence-corrected chi connectivity index (χ0v) is 19.1. The molecule has 0 bridgehead atoms. The fourth-order valence-corrected chi connectivity index (χ4v) is 4.61. The van der Waals surface area contributed by atoms with Gasteiger partial charge in [-0.1, -0.05) is 0 Å². The van der Waals surface area contributed by atoms with Gasteiger partial charge in [0, 0.05) is 19.2 Å². The first-order chi connectivity index (χ1) is 15.7. The number of methoxy groups -OCH3 is 1. The van der Waals surface area contributed by atoms with Crippen LogP contribution in [0, 0.1) is 11.6 Å². The van der Waals surface area contributed by atoms with E-state index in [1.165, 1.54) is 28.7 Å². The maximum atomic E-state index is 13.8. The van der Waals surface area contributed by atoms with E-state index in [1.54, 1.807) is 6.26 Å². The summed E-state index contributed by atoms with van der Waals surface area (Å²) >= 11 is 1.31. The lowest BCUT2D eigenvalue weighted by Gasteiger charge is -2.30. The van der Waals surface area contributed by atoms with Crippen LogP contribution in [0.2, 0.25) is 0 Å². The number of nitrogens with one attached hydrogen (secondary N) is 2. The molecule has 9 nitrogen and oxygen atoms in total. The molecular formula is C21H26F2N4O5S. The van der Waals surface area contributed by atoms with Crippen LogP contribution in [0.5, 0.6) is 0 Å². The Labute approximate surface area is 194 Å². The first-order valence-corrected chi connectivity index (χ1v) is 11.8. The second-order valence-electron chi connectivity index (χ2n) is 7.86. The fourth-order valence-electron chi connectivity index (χ4n) is 4.19. The molecule has 2 aliphatic rings. The predicted octanol–water partition coefficient (Wildman–Crippen LogP) is 1.58. The van der Waals surface area contributed by atoms with Crippen LogP contribution in [0.15, 0.2) is 18.2 Å². The van der Waals surface area contributed by atoms with Crippen molar-refractivity contribution in [2.24, 2.45) is 0 Å². The molecule has 0 spiro atoms. The van der Waals surface area contributed by atoms with E-state index in [9.17, 15) is 28.0 Å². The Morgan fingerprint density at radius 2 is 1.94 bits per heavy atom. The highest BCUT2D eigenvalue weighted by Crippen LogP contribution is 2.26. The Hall–Kier alpha value is -2.89. The van der Waals surface area contributed by atoms with Crippen molar-refractivity contribution in [1.82, 2.24) is 15.1 Å². The molecule has 3 rings (SSSR count). The van der Waals surface area contributed by atoms with Crippen molar-refractivity contribution in [3.05, 3.63) is 29.8 Å². The number of ether oxygens (including phenoxy) is 1. The van der Waals surface area contributed by atoms with Crippen LogP contribution in [0.25, 0.3) is 0 Å². The number of likely N-dealkylation sites (tertiary alicyclic amines) is 2. The van der Waals surface area contributed by atoms with Gasteiger partial charge in [0.05, 0.1) is 24.6 Å². The SMILES string of the molecule is COC(=O)[C@H]1CCCN1C(=O)[C@@H]1C[C@H](NC(=O)Nc2ccc(F)cc2F)CN1C(=O)CSC. The van der Waals surface area contributed by atoms with Gasteiger partial charge in [-0.3, -0.25) is 9.59 Å². The molecule has 0 aliphatic carbocycles. The van der Waals surface area contributed by atoms with Crippen molar-refractivity contribution >= 4 is 41.3 Å². The number of benzene rings is 1. The Kier molecular flexibility index (Phi) is 8.11. The maximum Gasteiger partial charge on any atom is 0.328 e. The van der Waals surface area contributed by atoms with Crippen LogP contribution in [0.4, 0.5) is 19.3 Å². The number of thioether (sulfide) groups is 1. The highest BCUT2D eigenvalue weighted by molar-refractivity contribution is 7.99. The van der Waals surface area contributed by atoms with Crippen molar-refractivity contribution in [3.8, 4) is 0 Å². The van der Waals surface area contributed by atoms with Gasteiger partial charge in [-0.15, -0.1) is 0 Å². The maximum absolute atomic E-state index is 13.8. The Morgan fingerprint density at radius 1 is 1.18 bits per heavy atom. The smallest absolute Gasteiger partial charge is 0.328 e. The highest BCUT2D eigenvalue weighted by Gasteiger charge is 2.45. The summed E-state index contributed by atoms with van der Waals surface area (Å²) in [6.07, 6.45) is 3.03. The largest absolute Gasteiger partial charge is 0.467 e. The van der Waals surface area contributed by atoms with Crippen LogP contribution < -0.4 is 10.6 Å². The normalized spacial score (nSPS) is 22.2. The average molecular weight is 485 g/mol. The van der Waals surface area contributed by atoms with Gasteiger partial charge in [-0.25, -0.2) is 18.4 Å². The van der Waals surface area contributed by atoms with Gasteiger partial charge in [-0.05, 0) is 37.7 Å². The summed E-state index contributed by atoms with van der Waals surface area (Å²) in [4.78, 5) is 53.3.